The number of benzene rings is 1. The SMILES string of the molecule is C[C@@H](OC(=O)c1ccccc1[N+](=O)[O-])c1ccccn1. The van der Waals surface area contributed by atoms with Gasteiger partial charge in [-0.1, -0.05) is 18.2 Å². The van der Waals surface area contributed by atoms with Crippen molar-refractivity contribution in [1.29, 1.82) is 0 Å². The van der Waals surface area contributed by atoms with E-state index in [-0.39, 0.29) is 11.3 Å². The molecule has 1 heterocycles. The highest BCUT2D eigenvalue weighted by molar-refractivity contribution is 5.93. The highest BCUT2D eigenvalue weighted by atomic mass is 16.6. The van der Waals surface area contributed by atoms with E-state index in [1.165, 1.54) is 18.2 Å². The number of rotatable bonds is 4. The summed E-state index contributed by atoms with van der Waals surface area (Å²) in [5.41, 5.74) is 0.241. The minimum atomic E-state index is -0.740. The van der Waals surface area contributed by atoms with Crippen LogP contribution in [0.25, 0.3) is 0 Å². The van der Waals surface area contributed by atoms with Crippen LogP contribution < -0.4 is 0 Å². The Morgan fingerprint density at radius 1 is 1.25 bits per heavy atom. The average molecular weight is 272 g/mol. The van der Waals surface area contributed by atoms with Crippen LogP contribution in [0.4, 0.5) is 5.69 Å². The van der Waals surface area contributed by atoms with Crippen molar-refractivity contribution in [1.82, 2.24) is 4.98 Å². The second-order valence-corrected chi connectivity index (χ2v) is 4.08. The molecule has 2 rings (SSSR count). The molecule has 20 heavy (non-hydrogen) atoms. The van der Waals surface area contributed by atoms with Crippen LogP contribution in [-0.4, -0.2) is 15.9 Å². The maximum absolute atomic E-state index is 12.0. The molecule has 1 aromatic carbocycles. The lowest BCUT2D eigenvalue weighted by molar-refractivity contribution is -0.385. The molecule has 102 valence electrons. The molecule has 0 radical (unpaired) electrons. The Bertz CT molecular complexity index is 628. The van der Waals surface area contributed by atoms with Crippen LogP contribution >= 0.6 is 0 Å². The topological polar surface area (TPSA) is 82.3 Å². The van der Waals surface area contributed by atoms with Gasteiger partial charge in [-0.25, -0.2) is 4.79 Å². The fourth-order valence-corrected chi connectivity index (χ4v) is 1.71. The minimum Gasteiger partial charge on any atom is -0.452 e. The highest BCUT2D eigenvalue weighted by Gasteiger charge is 2.22. The first-order valence-electron chi connectivity index (χ1n) is 5.95. The van der Waals surface area contributed by atoms with Crippen molar-refractivity contribution in [2.75, 3.05) is 0 Å². The number of esters is 1. The van der Waals surface area contributed by atoms with Crippen LogP contribution in [0.3, 0.4) is 0 Å². The molecule has 0 unspecified atom stereocenters. The first-order valence-corrected chi connectivity index (χ1v) is 5.95. The number of nitrogens with zero attached hydrogens (tertiary/aromatic N) is 2. The largest absolute Gasteiger partial charge is 0.452 e. The number of hydrogen-bond acceptors (Lipinski definition) is 5. The zero-order valence-electron chi connectivity index (χ0n) is 10.7. The predicted molar refractivity (Wildman–Crippen MR) is 71.2 cm³/mol. The van der Waals surface area contributed by atoms with Gasteiger partial charge in [-0.3, -0.25) is 15.1 Å². The van der Waals surface area contributed by atoms with Gasteiger partial charge < -0.3 is 4.74 Å². The molecule has 0 aliphatic carbocycles. The first-order chi connectivity index (χ1) is 9.59. The molecular formula is C14H12N2O4. The number of pyridine rings is 1. The van der Waals surface area contributed by atoms with Gasteiger partial charge in [0.15, 0.2) is 0 Å². The molecule has 6 nitrogen and oxygen atoms in total. The lowest BCUT2D eigenvalue weighted by atomic mass is 10.2. The minimum absolute atomic E-state index is 0.0692. The summed E-state index contributed by atoms with van der Waals surface area (Å²) in [6.45, 7) is 1.66. The van der Waals surface area contributed by atoms with E-state index in [2.05, 4.69) is 4.98 Å². The Labute approximate surface area is 115 Å². The van der Waals surface area contributed by atoms with Crippen LogP contribution in [0.2, 0.25) is 0 Å². The van der Waals surface area contributed by atoms with Gasteiger partial charge in [0.05, 0.1) is 10.6 Å². The quantitative estimate of drug-likeness (QED) is 0.485. The van der Waals surface area contributed by atoms with E-state index in [1.54, 1.807) is 37.4 Å². The number of carbonyl (C=O) groups excluding carboxylic acids is 1. The fraction of sp³-hybridized carbons (Fsp3) is 0.143. The molecule has 0 amide bonds. The normalized spacial score (nSPS) is 11.7. The van der Waals surface area contributed by atoms with E-state index >= 15 is 0 Å². The summed E-state index contributed by atoms with van der Waals surface area (Å²) in [7, 11) is 0. The van der Waals surface area contributed by atoms with Gasteiger partial charge in [0.2, 0.25) is 0 Å². The van der Waals surface area contributed by atoms with E-state index in [1.807, 2.05) is 0 Å². The summed E-state index contributed by atoms with van der Waals surface area (Å²) in [6.07, 6.45) is 1.01. The molecule has 0 aliphatic rings. The monoisotopic (exact) mass is 272 g/mol. The van der Waals surface area contributed by atoms with Crippen LogP contribution in [0.15, 0.2) is 48.7 Å². The number of aromatic nitrogens is 1. The third-order valence-corrected chi connectivity index (χ3v) is 2.71. The molecule has 0 fully saturated rings. The number of ether oxygens (including phenoxy) is 1. The second kappa shape index (κ2) is 5.92. The zero-order chi connectivity index (χ0) is 14.5. The maximum atomic E-state index is 12.0. The smallest absolute Gasteiger partial charge is 0.345 e. The van der Waals surface area contributed by atoms with E-state index in [0.29, 0.717) is 5.69 Å². The summed E-state index contributed by atoms with van der Waals surface area (Å²) in [6, 6.07) is 10.9. The summed E-state index contributed by atoms with van der Waals surface area (Å²) in [5.74, 6) is -0.740. The third kappa shape index (κ3) is 2.97. The van der Waals surface area contributed by atoms with E-state index in [9.17, 15) is 14.9 Å². The molecule has 1 atom stereocenters. The molecule has 1 aromatic heterocycles. The lowest BCUT2D eigenvalue weighted by Gasteiger charge is -2.12. The molecule has 0 spiro atoms. The van der Waals surface area contributed by atoms with Crippen LogP contribution in [0, 0.1) is 10.1 Å². The third-order valence-electron chi connectivity index (χ3n) is 2.71. The Balaban J connectivity index is 2.19. The first kappa shape index (κ1) is 13.7. The second-order valence-electron chi connectivity index (χ2n) is 4.08. The summed E-state index contributed by atoms with van der Waals surface area (Å²) >= 11 is 0. The summed E-state index contributed by atoms with van der Waals surface area (Å²) in [5, 5.41) is 10.9. The van der Waals surface area contributed by atoms with Crippen molar-refractivity contribution in [3.63, 3.8) is 0 Å². The van der Waals surface area contributed by atoms with Gasteiger partial charge >= 0.3 is 5.97 Å². The van der Waals surface area contributed by atoms with Crippen molar-refractivity contribution in [2.24, 2.45) is 0 Å². The molecule has 0 saturated carbocycles. The van der Waals surface area contributed by atoms with E-state index < -0.39 is 17.0 Å². The lowest BCUT2D eigenvalue weighted by Crippen LogP contribution is -2.12. The summed E-state index contributed by atoms with van der Waals surface area (Å²) < 4.78 is 5.21. The molecular weight excluding hydrogens is 260 g/mol. The van der Waals surface area contributed by atoms with Crippen molar-refractivity contribution < 1.29 is 14.5 Å². The van der Waals surface area contributed by atoms with Gasteiger partial charge in [-0.15, -0.1) is 0 Å². The van der Waals surface area contributed by atoms with Crippen molar-refractivity contribution in [3.05, 3.63) is 70.0 Å². The number of para-hydroxylation sites is 1. The van der Waals surface area contributed by atoms with Gasteiger partial charge in [-0.2, -0.15) is 0 Å². The Morgan fingerprint density at radius 3 is 2.60 bits per heavy atom. The Morgan fingerprint density at radius 2 is 1.95 bits per heavy atom. The average Bonchev–Trinajstić information content (AvgIpc) is 2.48. The summed E-state index contributed by atoms with van der Waals surface area (Å²) in [4.78, 5) is 26.3. The molecule has 6 heteroatoms. The molecule has 0 bridgehead atoms. The molecule has 0 saturated heterocycles. The maximum Gasteiger partial charge on any atom is 0.345 e. The molecule has 2 aromatic rings. The standard InChI is InChI=1S/C14H12N2O4/c1-10(12-7-4-5-9-15-12)20-14(17)11-6-2-3-8-13(11)16(18)19/h2-10H,1H3/t10-/m1/s1. The number of carbonyl (C=O) groups is 1. The highest BCUT2D eigenvalue weighted by Crippen LogP contribution is 2.22. The van der Waals surface area contributed by atoms with Crippen LogP contribution in [-0.2, 0) is 4.74 Å². The van der Waals surface area contributed by atoms with Crippen LogP contribution in [0.1, 0.15) is 29.1 Å². The Hall–Kier alpha value is -2.76. The van der Waals surface area contributed by atoms with Gasteiger partial charge in [0.1, 0.15) is 11.7 Å². The fourth-order valence-electron chi connectivity index (χ4n) is 1.71. The van der Waals surface area contributed by atoms with Gasteiger partial charge in [-0.05, 0) is 25.1 Å². The van der Waals surface area contributed by atoms with Crippen molar-refractivity contribution in [2.45, 2.75) is 13.0 Å². The number of nitro benzene ring substituents is 1. The number of hydrogen-bond donors (Lipinski definition) is 0. The van der Waals surface area contributed by atoms with Crippen molar-refractivity contribution >= 4 is 11.7 Å². The number of nitro groups is 1. The predicted octanol–water partition coefficient (Wildman–Crippen LogP) is 2.91. The van der Waals surface area contributed by atoms with Gasteiger partial charge in [0.25, 0.3) is 5.69 Å². The van der Waals surface area contributed by atoms with Crippen LogP contribution in [0.5, 0.6) is 0 Å². The van der Waals surface area contributed by atoms with E-state index in [0.717, 1.165) is 0 Å². The van der Waals surface area contributed by atoms with Crippen molar-refractivity contribution in [3.8, 4) is 0 Å². The zero-order valence-corrected chi connectivity index (χ0v) is 10.7. The molecule has 0 aliphatic heterocycles. The van der Waals surface area contributed by atoms with Gasteiger partial charge in [0, 0.05) is 12.3 Å². The Kier molecular flexibility index (Phi) is 4.05. The van der Waals surface area contributed by atoms with E-state index in [4.69, 9.17) is 4.74 Å². The molecule has 0 N–H and O–H groups in total.